The van der Waals surface area contributed by atoms with Crippen molar-refractivity contribution in [2.75, 3.05) is 5.32 Å². The molecular weight excluding hydrogens is 301 g/mol. The quantitative estimate of drug-likeness (QED) is 0.641. The Balaban J connectivity index is 1.83. The van der Waals surface area contributed by atoms with Gasteiger partial charge in [-0.1, -0.05) is 18.2 Å². The van der Waals surface area contributed by atoms with E-state index in [9.17, 15) is 4.39 Å². The van der Waals surface area contributed by atoms with Gasteiger partial charge in [0.1, 0.15) is 5.82 Å². The van der Waals surface area contributed by atoms with Crippen LogP contribution in [0.5, 0.6) is 0 Å². The summed E-state index contributed by atoms with van der Waals surface area (Å²) in [5.41, 5.74) is 1.50. The molecule has 3 rings (SSSR count). The van der Waals surface area contributed by atoms with Gasteiger partial charge in [0.25, 0.3) is 0 Å². The Morgan fingerprint density at radius 2 is 1.90 bits per heavy atom. The summed E-state index contributed by atoms with van der Waals surface area (Å²) in [6.45, 7) is 1.78. The van der Waals surface area contributed by atoms with E-state index in [4.69, 9.17) is 0 Å². The molecule has 0 bridgehead atoms. The normalized spacial score (nSPS) is 12.3. The van der Waals surface area contributed by atoms with Crippen LogP contribution in [0.4, 0.5) is 10.1 Å². The lowest BCUT2D eigenvalue weighted by Crippen LogP contribution is -2.12. The Hall–Kier alpha value is -1.65. The number of benzene rings is 1. The molecule has 108 valence electrons. The highest BCUT2D eigenvalue weighted by molar-refractivity contribution is 7.10. The first-order valence-electron chi connectivity index (χ1n) is 6.81. The maximum atomic E-state index is 13.7. The summed E-state index contributed by atoms with van der Waals surface area (Å²) in [5, 5.41) is 7.63. The second kappa shape index (κ2) is 6.41. The SMILES string of the molecule is Cc1ccc(NC(Cc2cccs2)c2cccs2)cc1F. The number of nitrogens with one attached hydrogen (secondary N) is 1. The topological polar surface area (TPSA) is 12.0 Å². The highest BCUT2D eigenvalue weighted by Gasteiger charge is 2.14. The van der Waals surface area contributed by atoms with Gasteiger partial charge in [-0.3, -0.25) is 0 Å². The third-order valence-electron chi connectivity index (χ3n) is 3.38. The molecule has 3 aromatic rings. The minimum absolute atomic E-state index is 0.166. The maximum absolute atomic E-state index is 13.7. The molecular formula is C17H16FNS2. The summed E-state index contributed by atoms with van der Waals surface area (Å²) in [6.07, 6.45) is 0.910. The van der Waals surface area contributed by atoms with E-state index in [1.807, 2.05) is 12.1 Å². The third-order valence-corrected chi connectivity index (χ3v) is 5.27. The summed E-state index contributed by atoms with van der Waals surface area (Å²) in [4.78, 5) is 2.60. The number of aryl methyl sites for hydroxylation is 1. The molecule has 2 heterocycles. The highest BCUT2D eigenvalue weighted by atomic mass is 32.1. The largest absolute Gasteiger partial charge is 0.377 e. The first kappa shape index (κ1) is 14.3. The van der Waals surface area contributed by atoms with Crippen molar-refractivity contribution in [3.63, 3.8) is 0 Å². The van der Waals surface area contributed by atoms with E-state index in [2.05, 4.69) is 40.3 Å². The van der Waals surface area contributed by atoms with E-state index in [-0.39, 0.29) is 11.9 Å². The van der Waals surface area contributed by atoms with E-state index >= 15 is 0 Å². The van der Waals surface area contributed by atoms with Crippen molar-refractivity contribution in [2.45, 2.75) is 19.4 Å². The summed E-state index contributed by atoms with van der Waals surface area (Å²) in [5.74, 6) is -0.166. The predicted molar refractivity (Wildman–Crippen MR) is 89.8 cm³/mol. The van der Waals surface area contributed by atoms with Crippen LogP contribution >= 0.6 is 22.7 Å². The molecule has 0 saturated carbocycles. The molecule has 0 spiro atoms. The second-order valence-electron chi connectivity index (χ2n) is 4.96. The van der Waals surface area contributed by atoms with E-state index in [1.54, 1.807) is 35.7 Å². The van der Waals surface area contributed by atoms with Crippen LogP contribution in [0.25, 0.3) is 0 Å². The van der Waals surface area contributed by atoms with Crippen molar-refractivity contribution in [3.8, 4) is 0 Å². The summed E-state index contributed by atoms with van der Waals surface area (Å²) in [7, 11) is 0. The van der Waals surface area contributed by atoms with Crippen molar-refractivity contribution in [3.05, 3.63) is 74.4 Å². The van der Waals surface area contributed by atoms with E-state index in [0.29, 0.717) is 5.56 Å². The number of halogens is 1. The van der Waals surface area contributed by atoms with E-state index in [1.165, 1.54) is 9.75 Å². The monoisotopic (exact) mass is 317 g/mol. The maximum Gasteiger partial charge on any atom is 0.128 e. The summed E-state index contributed by atoms with van der Waals surface area (Å²) >= 11 is 3.48. The molecule has 1 atom stereocenters. The Bertz CT molecular complexity index is 690. The van der Waals surface area contributed by atoms with Crippen LogP contribution in [0.2, 0.25) is 0 Å². The molecule has 2 aromatic heterocycles. The lowest BCUT2D eigenvalue weighted by molar-refractivity contribution is 0.618. The van der Waals surface area contributed by atoms with Crippen LogP contribution < -0.4 is 5.32 Å². The second-order valence-corrected chi connectivity index (χ2v) is 6.97. The van der Waals surface area contributed by atoms with Gasteiger partial charge in [0.15, 0.2) is 0 Å². The van der Waals surface area contributed by atoms with Crippen LogP contribution in [-0.2, 0) is 6.42 Å². The Labute approximate surface area is 132 Å². The zero-order valence-corrected chi connectivity index (χ0v) is 13.3. The van der Waals surface area contributed by atoms with Gasteiger partial charge in [-0.2, -0.15) is 0 Å². The molecule has 1 aromatic carbocycles. The molecule has 1 unspecified atom stereocenters. The van der Waals surface area contributed by atoms with Gasteiger partial charge in [0.05, 0.1) is 6.04 Å². The molecule has 21 heavy (non-hydrogen) atoms. The molecule has 0 aliphatic rings. The molecule has 4 heteroatoms. The Morgan fingerprint density at radius 3 is 2.57 bits per heavy atom. The van der Waals surface area contributed by atoms with Crippen molar-refractivity contribution >= 4 is 28.4 Å². The van der Waals surface area contributed by atoms with Gasteiger partial charge in [0.2, 0.25) is 0 Å². The lowest BCUT2D eigenvalue weighted by atomic mass is 10.1. The molecule has 0 amide bonds. The minimum atomic E-state index is -0.166. The molecule has 0 fully saturated rings. The fourth-order valence-electron chi connectivity index (χ4n) is 2.23. The van der Waals surface area contributed by atoms with Crippen LogP contribution in [0.15, 0.2) is 53.2 Å². The molecule has 1 N–H and O–H groups in total. The van der Waals surface area contributed by atoms with Crippen LogP contribution in [0.1, 0.15) is 21.4 Å². The third kappa shape index (κ3) is 3.52. The number of anilines is 1. The molecule has 0 aliphatic heterocycles. The molecule has 0 aliphatic carbocycles. The number of rotatable bonds is 5. The van der Waals surface area contributed by atoms with E-state index in [0.717, 1.165) is 12.1 Å². The van der Waals surface area contributed by atoms with Gasteiger partial charge in [-0.25, -0.2) is 4.39 Å². The zero-order chi connectivity index (χ0) is 14.7. The molecule has 0 saturated heterocycles. The fourth-order valence-corrected chi connectivity index (χ4v) is 3.76. The summed E-state index contributed by atoms with van der Waals surface area (Å²) < 4.78 is 13.7. The van der Waals surface area contributed by atoms with Gasteiger partial charge >= 0.3 is 0 Å². The fraction of sp³-hybridized carbons (Fsp3) is 0.176. The van der Waals surface area contributed by atoms with Gasteiger partial charge < -0.3 is 5.32 Å². The summed E-state index contributed by atoms with van der Waals surface area (Å²) in [6, 6.07) is 13.9. The molecule has 0 radical (unpaired) electrons. The predicted octanol–water partition coefficient (Wildman–Crippen LogP) is 5.65. The number of hydrogen-bond donors (Lipinski definition) is 1. The van der Waals surface area contributed by atoms with E-state index < -0.39 is 0 Å². The van der Waals surface area contributed by atoms with Gasteiger partial charge in [0, 0.05) is 21.9 Å². The lowest BCUT2D eigenvalue weighted by Gasteiger charge is -2.18. The Morgan fingerprint density at radius 1 is 1.10 bits per heavy atom. The first-order valence-corrected chi connectivity index (χ1v) is 8.57. The highest BCUT2D eigenvalue weighted by Crippen LogP contribution is 2.29. The van der Waals surface area contributed by atoms with Gasteiger partial charge in [-0.15, -0.1) is 22.7 Å². The molecule has 1 nitrogen and oxygen atoms in total. The van der Waals surface area contributed by atoms with Gasteiger partial charge in [-0.05, 0) is 47.5 Å². The average molecular weight is 317 g/mol. The number of thiophene rings is 2. The van der Waals surface area contributed by atoms with Crippen LogP contribution in [0, 0.1) is 12.7 Å². The van der Waals surface area contributed by atoms with Crippen molar-refractivity contribution < 1.29 is 4.39 Å². The van der Waals surface area contributed by atoms with Crippen LogP contribution in [0.3, 0.4) is 0 Å². The number of hydrogen-bond acceptors (Lipinski definition) is 3. The smallest absolute Gasteiger partial charge is 0.128 e. The average Bonchev–Trinajstić information content (AvgIpc) is 3.15. The van der Waals surface area contributed by atoms with Crippen molar-refractivity contribution in [2.24, 2.45) is 0 Å². The Kier molecular flexibility index (Phi) is 4.36. The standard InChI is InChI=1S/C17H16FNS2/c1-12-6-7-13(10-15(12)18)19-16(17-5-3-9-21-17)11-14-4-2-8-20-14/h2-10,16,19H,11H2,1H3. The zero-order valence-electron chi connectivity index (χ0n) is 11.7. The first-order chi connectivity index (χ1) is 10.2. The van der Waals surface area contributed by atoms with Crippen molar-refractivity contribution in [1.29, 1.82) is 0 Å². The van der Waals surface area contributed by atoms with Crippen molar-refractivity contribution in [1.82, 2.24) is 0 Å². The van der Waals surface area contributed by atoms with Crippen LogP contribution in [-0.4, -0.2) is 0 Å². The minimum Gasteiger partial charge on any atom is -0.377 e.